The highest BCUT2D eigenvalue weighted by Crippen LogP contribution is 2.45. The molecule has 0 aromatic rings. The van der Waals surface area contributed by atoms with Gasteiger partial charge in [-0.2, -0.15) is 0 Å². The van der Waals surface area contributed by atoms with Gasteiger partial charge >= 0.3 is 39.5 Å². The van der Waals surface area contributed by atoms with Crippen molar-refractivity contribution in [2.45, 2.75) is 349 Å². The Kier molecular flexibility index (Phi) is 60.0. The van der Waals surface area contributed by atoms with E-state index >= 15 is 0 Å². The third-order valence-electron chi connectivity index (χ3n) is 16.3. The van der Waals surface area contributed by atoms with Crippen LogP contribution < -0.4 is 0 Å². The summed E-state index contributed by atoms with van der Waals surface area (Å²) in [5.41, 5.74) is 0. The van der Waals surface area contributed by atoms with Crippen molar-refractivity contribution in [2.75, 3.05) is 39.6 Å². The number of ether oxygens (including phenoxy) is 4. The van der Waals surface area contributed by atoms with E-state index in [1.165, 1.54) is 135 Å². The van der Waals surface area contributed by atoms with Crippen LogP contribution in [-0.2, 0) is 65.4 Å². The van der Waals surface area contributed by atoms with E-state index < -0.39 is 97.5 Å². The molecule has 4 unspecified atom stereocenters. The van der Waals surface area contributed by atoms with E-state index in [0.717, 1.165) is 115 Å². The summed E-state index contributed by atoms with van der Waals surface area (Å²) in [5, 5.41) is 10.6. The van der Waals surface area contributed by atoms with Crippen LogP contribution in [0.2, 0.25) is 0 Å². The van der Waals surface area contributed by atoms with Crippen LogP contribution in [0.4, 0.5) is 0 Å². The van der Waals surface area contributed by atoms with Crippen LogP contribution in [0.25, 0.3) is 0 Å². The molecule has 0 bridgehead atoms. The van der Waals surface area contributed by atoms with Gasteiger partial charge in [-0.15, -0.1) is 0 Å². The molecular weight excluding hydrogens is 1170 g/mol. The second-order valence-electron chi connectivity index (χ2n) is 25.1. The summed E-state index contributed by atoms with van der Waals surface area (Å²) in [6.45, 7) is 9.46. The summed E-state index contributed by atoms with van der Waals surface area (Å²) in [4.78, 5) is 72.5. The van der Waals surface area contributed by atoms with Crippen molar-refractivity contribution in [1.82, 2.24) is 0 Å². The molecule has 0 amide bonds. The van der Waals surface area contributed by atoms with Gasteiger partial charge in [-0.05, 0) is 63.2 Å². The molecule has 0 saturated heterocycles. The predicted molar refractivity (Wildman–Crippen MR) is 358 cm³/mol. The van der Waals surface area contributed by atoms with Crippen LogP contribution in [0.3, 0.4) is 0 Å². The summed E-state index contributed by atoms with van der Waals surface area (Å²) in [6.07, 6.45) is 49.2. The molecule has 0 rings (SSSR count). The number of hydrogen-bond acceptors (Lipinski definition) is 15. The van der Waals surface area contributed by atoms with Crippen LogP contribution in [0, 0.1) is 11.8 Å². The molecule has 0 saturated carbocycles. The topological polar surface area (TPSA) is 237 Å². The molecule has 0 fully saturated rings. The summed E-state index contributed by atoms with van der Waals surface area (Å²) in [7, 11) is -9.91. The first-order valence-electron chi connectivity index (χ1n) is 35.9. The molecule has 0 radical (unpaired) electrons. The first-order chi connectivity index (χ1) is 42.9. The lowest BCUT2D eigenvalue weighted by atomic mass is 9.99. The van der Waals surface area contributed by atoms with Crippen molar-refractivity contribution >= 4 is 39.5 Å². The highest BCUT2D eigenvalue weighted by atomic mass is 31.2. The molecule has 89 heavy (non-hydrogen) atoms. The van der Waals surface area contributed by atoms with Gasteiger partial charge in [-0.3, -0.25) is 37.3 Å². The minimum atomic E-state index is -4.96. The standard InChI is InChI=1S/C70H132O17P2/c1-7-11-13-15-17-19-21-22-23-24-25-27-36-42-48-54-69(74)86-65(59-81-68(73)53-47-41-35-30-28-32-38-44-50-62(5)9-3)60-84-88(76,77)82-56-64(71)57-83-89(78,79)85-61-66(58-80-67(72)52-46-40-34-26-20-18-16-14-12-8-2)87-70(75)55-49-43-37-31-29-33-39-45-51-63(6)10-4/h19,21-23,62-66,71H,7-18,20,24-61H2,1-6H3,(H,76,77)(H,78,79)/b21-19-,23-22-/t62?,63?,64-,65-,66-/m1/s1. The second-order valence-corrected chi connectivity index (χ2v) is 28.0. The number of carbonyl (C=O) groups is 4. The number of allylic oxidation sites excluding steroid dienone is 4. The number of carbonyl (C=O) groups excluding carboxylic acids is 4. The predicted octanol–water partition coefficient (Wildman–Crippen LogP) is 19.5. The van der Waals surface area contributed by atoms with Crippen LogP contribution in [-0.4, -0.2) is 96.7 Å². The van der Waals surface area contributed by atoms with Crippen LogP contribution in [0.1, 0.15) is 330 Å². The Morgan fingerprint density at radius 3 is 0.955 bits per heavy atom. The SMILES string of the molecule is CCCCCC/C=C\C=C/CCCCCCCC(=O)O[C@H](COC(=O)CCCCCCCCCCC(C)CC)COP(=O)(O)OC[C@@H](O)COP(=O)(O)OC[C@@H](COC(=O)CCCCCCCCCCCC)OC(=O)CCCCCCCCCCC(C)CC. The quantitative estimate of drug-likeness (QED) is 0.0169. The number of aliphatic hydroxyl groups is 1. The summed E-state index contributed by atoms with van der Waals surface area (Å²) >= 11 is 0. The molecule has 19 heteroatoms. The van der Waals surface area contributed by atoms with Crippen LogP contribution in [0.5, 0.6) is 0 Å². The molecule has 0 heterocycles. The lowest BCUT2D eigenvalue weighted by Crippen LogP contribution is -2.30. The molecule has 0 aliphatic heterocycles. The molecule has 0 aromatic heterocycles. The molecular formula is C70H132O17P2. The van der Waals surface area contributed by atoms with Gasteiger partial charge in [0.25, 0.3) is 0 Å². The molecule has 0 aliphatic rings. The van der Waals surface area contributed by atoms with Gasteiger partial charge < -0.3 is 33.8 Å². The molecule has 0 aromatic carbocycles. The Balaban J connectivity index is 5.30. The molecule has 0 spiro atoms. The number of aliphatic hydroxyl groups excluding tert-OH is 1. The van der Waals surface area contributed by atoms with Crippen molar-refractivity contribution in [3.8, 4) is 0 Å². The average molecular weight is 1310 g/mol. The van der Waals surface area contributed by atoms with E-state index in [0.29, 0.717) is 25.7 Å². The Labute approximate surface area is 542 Å². The average Bonchev–Trinajstić information content (AvgIpc) is 3.55. The van der Waals surface area contributed by atoms with Gasteiger partial charge in [-0.1, -0.05) is 278 Å². The fraction of sp³-hybridized carbons (Fsp3) is 0.886. The third kappa shape index (κ3) is 61.5. The zero-order chi connectivity index (χ0) is 65.7. The van der Waals surface area contributed by atoms with Gasteiger partial charge in [0.1, 0.15) is 19.3 Å². The second kappa shape index (κ2) is 61.7. The number of unbranched alkanes of at least 4 members (excludes halogenated alkanes) is 32. The molecule has 524 valence electrons. The summed E-state index contributed by atoms with van der Waals surface area (Å²) in [6, 6.07) is 0. The zero-order valence-corrected chi connectivity index (χ0v) is 59.0. The Bertz CT molecular complexity index is 1830. The number of phosphoric acid groups is 2. The molecule has 17 nitrogen and oxygen atoms in total. The van der Waals surface area contributed by atoms with E-state index in [1.54, 1.807) is 0 Å². The smallest absolute Gasteiger partial charge is 0.462 e. The first kappa shape index (κ1) is 86.5. The maximum atomic E-state index is 13.0. The number of phosphoric ester groups is 2. The minimum Gasteiger partial charge on any atom is -0.462 e. The Morgan fingerprint density at radius 2 is 0.629 bits per heavy atom. The maximum Gasteiger partial charge on any atom is 0.472 e. The van der Waals surface area contributed by atoms with E-state index in [2.05, 4.69) is 65.8 Å². The first-order valence-corrected chi connectivity index (χ1v) is 38.9. The summed E-state index contributed by atoms with van der Waals surface area (Å²) < 4.78 is 68.2. The summed E-state index contributed by atoms with van der Waals surface area (Å²) in [5.74, 6) is -0.614. The van der Waals surface area contributed by atoms with Gasteiger partial charge in [0.15, 0.2) is 12.2 Å². The Hall–Kier alpha value is -2.46. The maximum absolute atomic E-state index is 13.0. The lowest BCUT2D eigenvalue weighted by Gasteiger charge is -2.21. The highest BCUT2D eigenvalue weighted by Gasteiger charge is 2.30. The monoisotopic (exact) mass is 1310 g/mol. The molecule has 0 aliphatic carbocycles. The van der Waals surface area contributed by atoms with E-state index in [-0.39, 0.29) is 25.7 Å². The minimum absolute atomic E-state index is 0.0843. The fourth-order valence-electron chi connectivity index (χ4n) is 9.99. The van der Waals surface area contributed by atoms with Gasteiger partial charge in [-0.25, -0.2) is 9.13 Å². The van der Waals surface area contributed by atoms with Crippen LogP contribution in [0.15, 0.2) is 24.3 Å². The van der Waals surface area contributed by atoms with E-state index in [9.17, 15) is 43.2 Å². The van der Waals surface area contributed by atoms with Crippen molar-refractivity contribution in [3.63, 3.8) is 0 Å². The van der Waals surface area contributed by atoms with Gasteiger partial charge in [0, 0.05) is 25.7 Å². The zero-order valence-electron chi connectivity index (χ0n) is 57.2. The fourth-order valence-corrected chi connectivity index (χ4v) is 11.6. The normalized spacial score (nSPS) is 14.9. The van der Waals surface area contributed by atoms with Crippen molar-refractivity contribution in [1.29, 1.82) is 0 Å². The highest BCUT2D eigenvalue weighted by molar-refractivity contribution is 7.47. The van der Waals surface area contributed by atoms with Crippen LogP contribution >= 0.6 is 15.6 Å². The van der Waals surface area contributed by atoms with E-state index in [4.69, 9.17) is 37.0 Å². The van der Waals surface area contributed by atoms with Crippen molar-refractivity contribution < 1.29 is 80.2 Å². The largest absolute Gasteiger partial charge is 0.472 e. The molecule has 7 atom stereocenters. The van der Waals surface area contributed by atoms with E-state index in [1.807, 2.05) is 0 Å². The lowest BCUT2D eigenvalue weighted by molar-refractivity contribution is -0.161. The van der Waals surface area contributed by atoms with Gasteiger partial charge in [0.2, 0.25) is 0 Å². The number of hydrogen-bond donors (Lipinski definition) is 3. The van der Waals surface area contributed by atoms with Crippen molar-refractivity contribution in [3.05, 3.63) is 24.3 Å². The third-order valence-corrected chi connectivity index (χ3v) is 18.2. The van der Waals surface area contributed by atoms with Crippen molar-refractivity contribution in [2.24, 2.45) is 11.8 Å². The Morgan fingerprint density at radius 1 is 0.360 bits per heavy atom. The van der Waals surface area contributed by atoms with Gasteiger partial charge in [0.05, 0.1) is 26.4 Å². The number of esters is 4. The molecule has 3 N–H and O–H groups in total. The number of rotatable bonds is 67.